The number of para-hydroxylation sites is 2. The van der Waals surface area contributed by atoms with Crippen LogP contribution in [0.3, 0.4) is 0 Å². The van der Waals surface area contributed by atoms with E-state index in [0.717, 1.165) is 31.0 Å². The molecule has 2 aromatic heterocycles. The summed E-state index contributed by atoms with van der Waals surface area (Å²) in [6.45, 7) is 1.54. The van der Waals surface area contributed by atoms with E-state index < -0.39 is 0 Å². The summed E-state index contributed by atoms with van der Waals surface area (Å²) in [5, 5.41) is 12.4. The summed E-state index contributed by atoms with van der Waals surface area (Å²) in [5.41, 5.74) is 0.719. The van der Waals surface area contributed by atoms with E-state index in [1.807, 2.05) is 35.2 Å². The molecule has 9 nitrogen and oxygen atoms in total. The molecule has 0 radical (unpaired) electrons. The van der Waals surface area contributed by atoms with Gasteiger partial charge in [-0.05, 0) is 30.7 Å². The second kappa shape index (κ2) is 6.66. The number of ether oxygens (including phenoxy) is 2. The molecule has 144 valence electrons. The molecule has 3 aliphatic rings. The molecule has 28 heavy (non-hydrogen) atoms. The van der Waals surface area contributed by atoms with E-state index in [4.69, 9.17) is 9.47 Å². The maximum absolute atomic E-state index is 12.7. The van der Waals surface area contributed by atoms with Gasteiger partial charge in [0, 0.05) is 13.1 Å². The van der Waals surface area contributed by atoms with Crippen LogP contribution in [0.5, 0.6) is 11.5 Å². The first-order chi connectivity index (χ1) is 13.7. The zero-order chi connectivity index (χ0) is 19.1. The van der Waals surface area contributed by atoms with Gasteiger partial charge in [-0.1, -0.05) is 12.1 Å². The Labute approximate surface area is 161 Å². The van der Waals surface area contributed by atoms with Crippen LogP contribution in [0.1, 0.15) is 6.42 Å². The third kappa shape index (κ3) is 2.79. The lowest BCUT2D eigenvalue weighted by molar-refractivity contribution is -0.148. The normalized spacial score (nSPS) is 20.8. The van der Waals surface area contributed by atoms with E-state index in [9.17, 15) is 4.79 Å². The number of piperidine rings is 1. The van der Waals surface area contributed by atoms with Crippen LogP contribution in [0.15, 0.2) is 42.7 Å². The van der Waals surface area contributed by atoms with Gasteiger partial charge in [0.05, 0.1) is 19.2 Å². The molecule has 6 rings (SSSR count). The van der Waals surface area contributed by atoms with Crippen molar-refractivity contribution in [2.45, 2.75) is 18.5 Å². The molecule has 0 N–H and O–H groups in total. The topological polar surface area (TPSA) is 85.1 Å². The Morgan fingerprint density at radius 2 is 1.93 bits per heavy atom. The van der Waals surface area contributed by atoms with Crippen molar-refractivity contribution in [3.63, 3.8) is 0 Å². The van der Waals surface area contributed by atoms with E-state index in [0.29, 0.717) is 11.5 Å². The average molecular weight is 380 g/mol. The van der Waals surface area contributed by atoms with Crippen LogP contribution in [0.2, 0.25) is 0 Å². The van der Waals surface area contributed by atoms with Gasteiger partial charge in [0.25, 0.3) is 5.91 Å². The maximum atomic E-state index is 12.7. The minimum atomic E-state index is 0.00836. The smallest absolute Gasteiger partial charge is 0.261 e. The minimum Gasteiger partial charge on any atom is -0.493 e. The van der Waals surface area contributed by atoms with Crippen LogP contribution in [0.25, 0.3) is 5.65 Å². The number of hydrogen-bond donors (Lipinski definition) is 0. The Balaban J connectivity index is 1.22. The van der Waals surface area contributed by atoms with Crippen molar-refractivity contribution in [3.8, 4) is 11.5 Å². The van der Waals surface area contributed by atoms with E-state index in [-0.39, 0.29) is 24.6 Å². The van der Waals surface area contributed by atoms with Gasteiger partial charge in [-0.25, -0.2) is 0 Å². The Morgan fingerprint density at radius 3 is 2.71 bits per heavy atom. The Morgan fingerprint density at radius 1 is 1.14 bits per heavy atom. The molecule has 3 fully saturated rings. The molecule has 0 aliphatic carbocycles. The number of nitrogens with zero attached hydrogens (tertiary/aromatic N) is 6. The SMILES string of the molecule is COc1ccccc1OCC(=O)N1C2CC1CN(c1ccc3nncn3n1)C2. The third-order valence-electron chi connectivity index (χ3n) is 5.37. The number of piperazine rings is 1. The Kier molecular flexibility index (Phi) is 4.00. The number of methoxy groups -OCH3 is 1. The molecule has 1 aromatic carbocycles. The zero-order valence-electron chi connectivity index (χ0n) is 15.4. The van der Waals surface area contributed by atoms with Crippen LogP contribution < -0.4 is 14.4 Å². The van der Waals surface area contributed by atoms with E-state index in [1.165, 1.54) is 0 Å². The molecule has 0 spiro atoms. The van der Waals surface area contributed by atoms with Gasteiger partial charge in [-0.2, -0.15) is 4.52 Å². The van der Waals surface area contributed by atoms with E-state index in [1.54, 1.807) is 24.0 Å². The quantitative estimate of drug-likeness (QED) is 0.653. The van der Waals surface area contributed by atoms with Crippen molar-refractivity contribution in [3.05, 3.63) is 42.7 Å². The van der Waals surface area contributed by atoms with Gasteiger partial charge in [-0.15, -0.1) is 15.3 Å². The van der Waals surface area contributed by atoms with Crippen molar-refractivity contribution in [1.29, 1.82) is 0 Å². The fourth-order valence-electron chi connectivity index (χ4n) is 4.04. The monoisotopic (exact) mass is 380 g/mol. The van der Waals surface area contributed by atoms with Gasteiger partial charge in [-0.3, -0.25) is 4.79 Å². The summed E-state index contributed by atoms with van der Waals surface area (Å²) in [7, 11) is 1.59. The third-order valence-corrected chi connectivity index (χ3v) is 5.37. The van der Waals surface area contributed by atoms with Gasteiger partial charge in [0.15, 0.2) is 23.8 Å². The van der Waals surface area contributed by atoms with Crippen molar-refractivity contribution in [2.75, 3.05) is 31.7 Å². The van der Waals surface area contributed by atoms with E-state index >= 15 is 0 Å². The van der Waals surface area contributed by atoms with Gasteiger partial charge in [0.1, 0.15) is 12.1 Å². The highest BCUT2D eigenvalue weighted by Crippen LogP contribution is 2.34. The maximum Gasteiger partial charge on any atom is 0.261 e. The number of amides is 1. The van der Waals surface area contributed by atoms with Crippen LogP contribution in [-0.2, 0) is 4.79 Å². The molecule has 0 saturated carbocycles. The molecule has 2 atom stereocenters. The number of aromatic nitrogens is 4. The molecule has 5 heterocycles. The number of hydrogen-bond acceptors (Lipinski definition) is 7. The number of anilines is 1. The van der Waals surface area contributed by atoms with Gasteiger partial charge >= 0.3 is 0 Å². The van der Waals surface area contributed by atoms with Crippen LogP contribution in [0.4, 0.5) is 5.82 Å². The lowest BCUT2D eigenvalue weighted by Crippen LogP contribution is -2.71. The molecular formula is C19H20N6O3. The summed E-state index contributed by atoms with van der Waals surface area (Å²) in [6, 6.07) is 11.6. The number of carbonyl (C=O) groups excluding carboxylic acids is 1. The first kappa shape index (κ1) is 16.8. The zero-order valence-corrected chi connectivity index (χ0v) is 15.4. The predicted molar refractivity (Wildman–Crippen MR) is 101 cm³/mol. The molecule has 3 aliphatic heterocycles. The fraction of sp³-hybridized carbons (Fsp3) is 0.368. The number of carbonyl (C=O) groups is 1. The highest BCUT2D eigenvalue weighted by Gasteiger charge is 2.47. The molecule has 2 bridgehead atoms. The standard InChI is InChI=1S/C19H20N6O3/c1-27-15-4-2-3-5-16(15)28-11-19(26)25-13-8-14(25)10-23(9-13)18-7-6-17-21-20-12-24(17)22-18/h2-7,12-14H,8-11H2,1H3. The summed E-state index contributed by atoms with van der Waals surface area (Å²) in [6.07, 6.45) is 2.61. The largest absolute Gasteiger partial charge is 0.493 e. The van der Waals surface area contributed by atoms with Crippen LogP contribution in [-0.4, -0.2) is 69.5 Å². The van der Waals surface area contributed by atoms with Gasteiger partial charge in [0.2, 0.25) is 0 Å². The van der Waals surface area contributed by atoms with Crippen molar-refractivity contribution < 1.29 is 14.3 Å². The van der Waals surface area contributed by atoms with E-state index in [2.05, 4.69) is 20.2 Å². The summed E-state index contributed by atoms with van der Waals surface area (Å²) >= 11 is 0. The highest BCUT2D eigenvalue weighted by atomic mass is 16.5. The molecule has 3 aromatic rings. The molecule has 9 heteroatoms. The van der Waals surface area contributed by atoms with Crippen molar-refractivity contribution in [2.24, 2.45) is 0 Å². The summed E-state index contributed by atoms with van der Waals surface area (Å²) in [4.78, 5) is 16.9. The van der Waals surface area contributed by atoms with Crippen LogP contribution >= 0.6 is 0 Å². The second-order valence-corrected chi connectivity index (χ2v) is 7.01. The fourth-order valence-corrected chi connectivity index (χ4v) is 4.04. The predicted octanol–water partition coefficient (Wildman–Crippen LogP) is 1.00. The average Bonchev–Trinajstić information content (AvgIpc) is 3.20. The first-order valence-electron chi connectivity index (χ1n) is 9.22. The molecule has 1 amide bonds. The lowest BCUT2D eigenvalue weighted by atomic mass is 9.87. The van der Waals surface area contributed by atoms with Crippen molar-refractivity contribution in [1.82, 2.24) is 24.7 Å². The Bertz CT molecular complexity index is 1010. The molecule has 3 saturated heterocycles. The number of fused-ring (bicyclic) bond motifs is 3. The van der Waals surface area contributed by atoms with Crippen molar-refractivity contribution >= 4 is 17.4 Å². The molecule has 2 unspecified atom stereocenters. The van der Waals surface area contributed by atoms with Crippen LogP contribution in [0, 0.1) is 0 Å². The number of rotatable bonds is 5. The summed E-state index contributed by atoms with van der Waals surface area (Å²) in [5.74, 6) is 2.09. The Hall–Kier alpha value is -3.36. The first-order valence-corrected chi connectivity index (χ1v) is 9.22. The highest BCUT2D eigenvalue weighted by molar-refractivity contribution is 5.80. The lowest BCUT2D eigenvalue weighted by Gasteiger charge is -2.56. The van der Waals surface area contributed by atoms with Gasteiger partial charge < -0.3 is 19.3 Å². The summed E-state index contributed by atoms with van der Waals surface area (Å²) < 4.78 is 12.6. The second-order valence-electron chi connectivity index (χ2n) is 7.01. The number of benzene rings is 1. The molecular weight excluding hydrogens is 360 g/mol. The minimum absolute atomic E-state index is 0.00836.